The van der Waals surface area contributed by atoms with Gasteiger partial charge in [-0.2, -0.15) is 0 Å². The Morgan fingerprint density at radius 1 is 1.11 bits per heavy atom. The minimum Gasteiger partial charge on any atom is -0.545 e. The van der Waals surface area contributed by atoms with E-state index in [0.717, 1.165) is 11.4 Å². The van der Waals surface area contributed by atoms with Crippen LogP contribution in [0.5, 0.6) is 5.75 Å². The van der Waals surface area contributed by atoms with E-state index in [-0.39, 0.29) is 11.3 Å². The fourth-order valence-corrected chi connectivity index (χ4v) is 2.51. The summed E-state index contributed by atoms with van der Waals surface area (Å²) < 4.78 is 6.97. The molecule has 0 fully saturated rings. The molecule has 0 saturated carbocycles. The van der Waals surface area contributed by atoms with Crippen LogP contribution in [0.25, 0.3) is 5.69 Å². The van der Waals surface area contributed by atoms with Crippen LogP contribution < -0.4 is 15.2 Å². The van der Waals surface area contributed by atoms with Gasteiger partial charge in [-0.25, -0.2) is 4.68 Å². The monoisotopic (exact) mass is 365 g/mol. The van der Waals surface area contributed by atoms with Crippen LogP contribution in [0.3, 0.4) is 0 Å². The van der Waals surface area contributed by atoms with E-state index in [9.17, 15) is 14.7 Å². The first-order chi connectivity index (χ1) is 13.0. The lowest BCUT2D eigenvalue weighted by Gasteiger charge is -2.07. The van der Waals surface area contributed by atoms with Crippen molar-refractivity contribution in [2.45, 2.75) is 13.8 Å². The third-order valence-corrected chi connectivity index (χ3v) is 3.88. The molecule has 0 aliphatic carbocycles. The zero-order valence-corrected chi connectivity index (χ0v) is 14.8. The Kier molecular flexibility index (Phi) is 5.16. The van der Waals surface area contributed by atoms with Crippen LogP contribution in [0, 0.1) is 6.92 Å². The zero-order chi connectivity index (χ0) is 19.4. The topological polar surface area (TPSA) is 109 Å². The molecule has 27 heavy (non-hydrogen) atoms. The molecular formula is C19H17N4O4-. The van der Waals surface area contributed by atoms with Crippen molar-refractivity contribution in [2.24, 2.45) is 0 Å². The molecule has 0 saturated heterocycles. The first-order valence-electron chi connectivity index (χ1n) is 8.28. The summed E-state index contributed by atoms with van der Waals surface area (Å²) in [5.74, 6) is -0.968. The lowest BCUT2D eigenvalue weighted by atomic mass is 10.2. The van der Waals surface area contributed by atoms with E-state index in [1.807, 2.05) is 31.2 Å². The summed E-state index contributed by atoms with van der Waals surface area (Å²) in [5, 5.41) is 21.4. The molecular weight excluding hydrogens is 348 g/mol. The average molecular weight is 365 g/mol. The number of carbonyl (C=O) groups is 2. The van der Waals surface area contributed by atoms with Gasteiger partial charge in [0.25, 0.3) is 5.91 Å². The largest absolute Gasteiger partial charge is 0.545 e. The van der Waals surface area contributed by atoms with Crippen LogP contribution in [0.2, 0.25) is 0 Å². The number of carboxylic acids is 1. The molecule has 1 N–H and O–H groups in total. The number of rotatable bonds is 6. The normalized spacial score (nSPS) is 10.4. The van der Waals surface area contributed by atoms with Crippen molar-refractivity contribution in [3.8, 4) is 11.4 Å². The number of benzene rings is 2. The number of nitrogens with one attached hydrogen (secondary N) is 1. The first-order valence-corrected chi connectivity index (χ1v) is 8.28. The highest BCUT2D eigenvalue weighted by Gasteiger charge is 2.17. The molecule has 1 amide bonds. The third kappa shape index (κ3) is 3.95. The predicted octanol–water partition coefficient (Wildman–Crippen LogP) is 1.59. The number of carbonyl (C=O) groups excluding carboxylic acids is 2. The second kappa shape index (κ2) is 7.69. The molecule has 0 atom stereocenters. The van der Waals surface area contributed by atoms with Gasteiger partial charge in [-0.15, -0.1) is 5.10 Å². The minimum absolute atomic E-state index is 0.0330. The lowest BCUT2D eigenvalue weighted by molar-refractivity contribution is -0.255. The van der Waals surface area contributed by atoms with Crippen molar-refractivity contribution in [3.63, 3.8) is 0 Å². The molecule has 1 heterocycles. The third-order valence-electron chi connectivity index (χ3n) is 3.88. The Morgan fingerprint density at radius 3 is 2.37 bits per heavy atom. The molecule has 0 unspecified atom stereocenters. The average Bonchev–Trinajstić information content (AvgIpc) is 3.04. The SMILES string of the molecule is CCOc1ccc(-n2nnc(C(=O)Nc3ccc(C(=O)[O-])cc3)c2C)cc1. The van der Waals surface area contributed by atoms with Gasteiger partial charge in [-0.3, -0.25) is 4.79 Å². The van der Waals surface area contributed by atoms with E-state index in [2.05, 4.69) is 15.6 Å². The fourth-order valence-electron chi connectivity index (χ4n) is 2.51. The van der Waals surface area contributed by atoms with Crippen molar-refractivity contribution in [1.82, 2.24) is 15.0 Å². The molecule has 0 spiro atoms. The molecule has 0 aliphatic rings. The zero-order valence-electron chi connectivity index (χ0n) is 14.8. The molecule has 0 radical (unpaired) electrons. The summed E-state index contributed by atoms with van der Waals surface area (Å²) in [7, 11) is 0. The molecule has 0 bridgehead atoms. The van der Waals surface area contributed by atoms with Gasteiger partial charge in [-0.1, -0.05) is 17.3 Å². The number of hydrogen-bond acceptors (Lipinski definition) is 6. The van der Waals surface area contributed by atoms with E-state index in [1.165, 1.54) is 24.3 Å². The molecule has 138 valence electrons. The highest BCUT2D eigenvalue weighted by Crippen LogP contribution is 2.18. The Hall–Kier alpha value is -3.68. The highest BCUT2D eigenvalue weighted by atomic mass is 16.5. The molecule has 1 aromatic heterocycles. The van der Waals surface area contributed by atoms with Crippen LogP contribution in [-0.4, -0.2) is 33.5 Å². The van der Waals surface area contributed by atoms with E-state index in [0.29, 0.717) is 18.0 Å². The maximum absolute atomic E-state index is 12.5. The van der Waals surface area contributed by atoms with E-state index >= 15 is 0 Å². The maximum Gasteiger partial charge on any atom is 0.278 e. The van der Waals surface area contributed by atoms with E-state index < -0.39 is 11.9 Å². The van der Waals surface area contributed by atoms with Crippen LogP contribution in [0.1, 0.15) is 33.5 Å². The van der Waals surface area contributed by atoms with Gasteiger partial charge in [0, 0.05) is 5.69 Å². The summed E-state index contributed by atoms with van der Waals surface area (Å²) >= 11 is 0. The summed E-state index contributed by atoms with van der Waals surface area (Å²) in [5.41, 5.74) is 1.97. The molecule has 8 heteroatoms. The number of nitrogens with zero attached hydrogens (tertiary/aromatic N) is 3. The number of aromatic carboxylic acids is 1. The lowest BCUT2D eigenvalue weighted by Crippen LogP contribution is -2.22. The molecule has 8 nitrogen and oxygen atoms in total. The van der Waals surface area contributed by atoms with Gasteiger partial charge >= 0.3 is 0 Å². The van der Waals surface area contributed by atoms with Crippen molar-refractivity contribution >= 4 is 17.6 Å². The maximum atomic E-state index is 12.5. The number of aromatic nitrogens is 3. The number of anilines is 1. The summed E-state index contributed by atoms with van der Waals surface area (Å²) in [6, 6.07) is 13.0. The second-order valence-corrected chi connectivity index (χ2v) is 5.68. The Morgan fingerprint density at radius 2 is 1.78 bits per heavy atom. The summed E-state index contributed by atoms with van der Waals surface area (Å²) in [6.45, 7) is 4.23. The van der Waals surface area contributed by atoms with E-state index in [1.54, 1.807) is 11.6 Å². The van der Waals surface area contributed by atoms with Gasteiger partial charge in [0.05, 0.1) is 24.0 Å². The van der Waals surface area contributed by atoms with Crippen LogP contribution in [-0.2, 0) is 0 Å². The van der Waals surface area contributed by atoms with Gasteiger partial charge < -0.3 is 20.0 Å². The van der Waals surface area contributed by atoms with Crippen molar-refractivity contribution in [1.29, 1.82) is 0 Å². The van der Waals surface area contributed by atoms with Gasteiger partial charge in [0.1, 0.15) is 5.75 Å². The first kappa shape index (κ1) is 18.1. The van der Waals surface area contributed by atoms with Crippen LogP contribution in [0.4, 0.5) is 5.69 Å². The number of ether oxygens (including phenoxy) is 1. The van der Waals surface area contributed by atoms with Gasteiger partial charge in [-0.05, 0) is 55.8 Å². The summed E-state index contributed by atoms with van der Waals surface area (Å²) in [6.07, 6.45) is 0. The van der Waals surface area contributed by atoms with Crippen molar-refractivity contribution in [2.75, 3.05) is 11.9 Å². The minimum atomic E-state index is -1.28. The highest BCUT2D eigenvalue weighted by molar-refractivity contribution is 6.03. The Balaban J connectivity index is 1.77. The number of hydrogen-bond donors (Lipinski definition) is 1. The number of carboxylic acid groups (broad SMARTS) is 1. The van der Waals surface area contributed by atoms with E-state index in [4.69, 9.17) is 4.74 Å². The fraction of sp³-hybridized carbons (Fsp3) is 0.158. The number of amides is 1. The molecule has 0 aliphatic heterocycles. The predicted molar refractivity (Wildman–Crippen MR) is 96.0 cm³/mol. The van der Waals surface area contributed by atoms with Crippen molar-refractivity contribution < 1.29 is 19.4 Å². The van der Waals surface area contributed by atoms with Crippen molar-refractivity contribution in [3.05, 3.63) is 65.5 Å². The Bertz CT molecular complexity index is 962. The molecule has 3 rings (SSSR count). The Labute approximate surface area is 155 Å². The molecule has 3 aromatic rings. The van der Waals surface area contributed by atoms with Gasteiger partial charge in [0.15, 0.2) is 5.69 Å². The van der Waals surface area contributed by atoms with Crippen LogP contribution >= 0.6 is 0 Å². The van der Waals surface area contributed by atoms with Gasteiger partial charge in [0.2, 0.25) is 0 Å². The molecule has 2 aromatic carbocycles. The summed E-state index contributed by atoms with van der Waals surface area (Å²) in [4.78, 5) is 23.2. The second-order valence-electron chi connectivity index (χ2n) is 5.68. The smallest absolute Gasteiger partial charge is 0.278 e. The quantitative estimate of drug-likeness (QED) is 0.710. The van der Waals surface area contributed by atoms with Crippen LogP contribution in [0.15, 0.2) is 48.5 Å². The standard InChI is InChI=1S/C19H18N4O4/c1-3-27-16-10-8-15(9-11-16)23-12(2)17(21-22-23)18(24)20-14-6-4-13(5-7-14)19(25)26/h4-11H,3H2,1-2H3,(H,20,24)(H,25,26)/p-1.